The van der Waals surface area contributed by atoms with E-state index in [1.807, 2.05) is 0 Å². The second-order valence-corrected chi connectivity index (χ2v) is 5.73. The minimum absolute atomic E-state index is 0.0792. The molecule has 1 aromatic carbocycles. The standard InChI is InChI=1S/C12H14F2N2O2S/c1-3-5-16(6-4-2)19(17,18)12-10(13)7-9(15)8-11(12)14/h1,7-8H,4-6,15H2,2H3. The summed E-state index contributed by atoms with van der Waals surface area (Å²) in [4.78, 5) is -1.02. The fourth-order valence-corrected chi connectivity index (χ4v) is 3.13. The van der Waals surface area contributed by atoms with Gasteiger partial charge in [-0.1, -0.05) is 12.8 Å². The van der Waals surface area contributed by atoms with Crippen LogP contribution in [0.5, 0.6) is 0 Å². The number of anilines is 1. The Hall–Kier alpha value is -1.65. The van der Waals surface area contributed by atoms with Gasteiger partial charge in [0, 0.05) is 12.2 Å². The van der Waals surface area contributed by atoms with Crippen molar-refractivity contribution in [1.82, 2.24) is 4.31 Å². The smallest absolute Gasteiger partial charge is 0.249 e. The molecule has 0 aromatic heterocycles. The number of halogens is 2. The Morgan fingerprint density at radius 2 is 1.89 bits per heavy atom. The fraction of sp³-hybridized carbons (Fsp3) is 0.333. The number of terminal acetylenes is 1. The Morgan fingerprint density at radius 3 is 2.32 bits per heavy atom. The van der Waals surface area contributed by atoms with Crippen molar-refractivity contribution in [2.75, 3.05) is 18.8 Å². The van der Waals surface area contributed by atoms with E-state index in [2.05, 4.69) is 5.92 Å². The molecule has 0 aliphatic carbocycles. The molecule has 0 bridgehead atoms. The van der Waals surface area contributed by atoms with E-state index in [9.17, 15) is 17.2 Å². The maximum Gasteiger partial charge on any atom is 0.249 e. The lowest BCUT2D eigenvalue weighted by Gasteiger charge is -2.19. The molecule has 7 heteroatoms. The Morgan fingerprint density at radius 1 is 1.37 bits per heavy atom. The second kappa shape index (κ2) is 5.99. The number of nitrogens with zero attached hydrogens (tertiary/aromatic N) is 1. The molecule has 0 unspecified atom stereocenters. The van der Waals surface area contributed by atoms with E-state index in [4.69, 9.17) is 12.2 Å². The zero-order valence-corrected chi connectivity index (χ0v) is 11.2. The number of sulfonamides is 1. The lowest BCUT2D eigenvalue weighted by Crippen LogP contribution is -2.33. The third kappa shape index (κ3) is 3.22. The van der Waals surface area contributed by atoms with Gasteiger partial charge in [0.05, 0.1) is 6.54 Å². The van der Waals surface area contributed by atoms with Crippen LogP contribution in [0, 0.1) is 24.0 Å². The topological polar surface area (TPSA) is 63.4 Å². The summed E-state index contributed by atoms with van der Waals surface area (Å²) in [7, 11) is -4.32. The van der Waals surface area contributed by atoms with Crippen molar-refractivity contribution in [1.29, 1.82) is 0 Å². The highest BCUT2D eigenvalue weighted by Crippen LogP contribution is 2.25. The normalized spacial score (nSPS) is 11.5. The predicted molar refractivity (Wildman–Crippen MR) is 68.7 cm³/mol. The molecule has 2 N–H and O–H groups in total. The van der Waals surface area contributed by atoms with E-state index in [0.717, 1.165) is 16.4 Å². The molecular formula is C12H14F2N2O2S. The second-order valence-electron chi connectivity index (χ2n) is 3.86. The zero-order valence-electron chi connectivity index (χ0n) is 10.4. The minimum Gasteiger partial charge on any atom is -0.399 e. The van der Waals surface area contributed by atoms with Crippen molar-refractivity contribution < 1.29 is 17.2 Å². The van der Waals surface area contributed by atoms with Crippen LogP contribution in [0.3, 0.4) is 0 Å². The van der Waals surface area contributed by atoms with Gasteiger partial charge in [-0.25, -0.2) is 17.2 Å². The highest BCUT2D eigenvalue weighted by atomic mass is 32.2. The van der Waals surface area contributed by atoms with Crippen LogP contribution in [-0.4, -0.2) is 25.8 Å². The van der Waals surface area contributed by atoms with Crippen molar-refractivity contribution in [3.05, 3.63) is 23.8 Å². The van der Waals surface area contributed by atoms with Crippen LogP contribution in [0.15, 0.2) is 17.0 Å². The molecule has 0 atom stereocenters. The minimum atomic E-state index is -4.32. The lowest BCUT2D eigenvalue weighted by molar-refractivity contribution is 0.432. The third-order valence-corrected chi connectivity index (χ3v) is 4.26. The van der Waals surface area contributed by atoms with Gasteiger partial charge in [0.2, 0.25) is 10.0 Å². The van der Waals surface area contributed by atoms with Crippen molar-refractivity contribution in [2.45, 2.75) is 18.2 Å². The summed E-state index contributed by atoms with van der Waals surface area (Å²) in [6, 6.07) is 1.52. The van der Waals surface area contributed by atoms with Crippen LogP contribution in [0.25, 0.3) is 0 Å². The van der Waals surface area contributed by atoms with E-state index in [1.165, 1.54) is 0 Å². The van der Waals surface area contributed by atoms with Crippen LogP contribution < -0.4 is 5.73 Å². The SMILES string of the molecule is C#CCN(CCC)S(=O)(=O)c1c(F)cc(N)cc1F. The lowest BCUT2D eigenvalue weighted by atomic mass is 10.3. The van der Waals surface area contributed by atoms with Crippen LogP contribution in [0.4, 0.5) is 14.5 Å². The summed E-state index contributed by atoms with van der Waals surface area (Å²) in [5.74, 6) is -0.297. The molecule has 1 rings (SSSR count). The summed E-state index contributed by atoms with van der Waals surface area (Å²) >= 11 is 0. The molecular weight excluding hydrogens is 274 g/mol. The number of benzene rings is 1. The monoisotopic (exact) mass is 288 g/mol. The number of hydrogen-bond donors (Lipinski definition) is 1. The first-order valence-electron chi connectivity index (χ1n) is 5.52. The Balaban J connectivity index is 3.38. The molecule has 0 aliphatic heterocycles. The summed E-state index contributed by atoms with van der Waals surface area (Å²) in [6.07, 6.45) is 5.54. The maximum absolute atomic E-state index is 13.7. The highest BCUT2D eigenvalue weighted by molar-refractivity contribution is 7.89. The van der Waals surface area contributed by atoms with E-state index in [1.54, 1.807) is 6.92 Å². The number of nitrogen functional groups attached to an aromatic ring is 1. The molecule has 0 heterocycles. The average molecular weight is 288 g/mol. The first-order chi connectivity index (χ1) is 8.84. The Bertz CT molecular complexity index is 586. The molecule has 0 saturated carbocycles. The van der Waals surface area contributed by atoms with Crippen molar-refractivity contribution in [3.8, 4) is 12.3 Å². The third-order valence-electron chi connectivity index (χ3n) is 2.36. The fourth-order valence-electron chi connectivity index (χ4n) is 1.59. The zero-order chi connectivity index (χ0) is 14.6. The number of rotatable bonds is 5. The average Bonchev–Trinajstić information content (AvgIpc) is 2.26. The van der Waals surface area contributed by atoms with Crippen LogP contribution in [0.1, 0.15) is 13.3 Å². The highest BCUT2D eigenvalue weighted by Gasteiger charge is 2.30. The van der Waals surface area contributed by atoms with E-state index in [0.29, 0.717) is 6.42 Å². The number of hydrogen-bond acceptors (Lipinski definition) is 3. The van der Waals surface area contributed by atoms with Gasteiger partial charge in [0.15, 0.2) is 4.90 Å². The van der Waals surface area contributed by atoms with Gasteiger partial charge in [0.25, 0.3) is 0 Å². The maximum atomic E-state index is 13.7. The molecule has 4 nitrogen and oxygen atoms in total. The molecule has 1 aromatic rings. The molecule has 104 valence electrons. The summed E-state index contributed by atoms with van der Waals surface area (Å²) < 4.78 is 52.5. The molecule has 0 aliphatic rings. The van der Waals surface area contributed by atoms with Gasteiger partial charge in [-0.05, 0) is 18.6 Å². The Labute approximate surface area is 111 Å². The van der Waals surface area contributed by atoms with Crippen molar-refractivity contribution in [3.63, 3.8) is 0 Å². The molecule has 0 radical (unpaired) electrons. The first-order valence-corrected chi connectivity index (χ1v) is 6.96. The van der Waals surface area contributed by atoms with Crippen LogP contribution >= 0.6 is 0 Å². The predicted octanol–water partition coefficient (Wildman–Crippen LogP) is 1.58. The van der Waals surface area contributed by atoms with Gasteiger partial charge in [-0.2, -0.15) is 4.31 Å². The Kier molecular flexibility index (Phi) is 4.86. The molecule has 0 saturated heterocycles. The molecule has 0 fully saturated rings. The summed E-state index contributed by atoms with van der Waals surface area (Å²) in [6.45, 7) is 1.56. The van der Waals surface area contributed by atoms with E-state index >= 15 is 0 Å². The van der Waals surface area contributed by atoms with Gasteiger partial charge in [-0.3, -0.25) is 0 Å². The van der Waals surface area contributed by atoms with E-state index < -0.39 is 26.6 Å². The largest absolute Gasteiger partial charge is 0.399 e. The van der Waals surface area contributed by atoms with Gasteiger partial charge >= 0.3 is 0 Å². The molecule has 19 heavy (non-hydrogen) atoms. The van der Waals surface area contributed by atoms with E-state index in [-0.39, 0.29) is 18.8 Å². The summed E-state index contributed by atoms with van der Waals surface area (Å²) in [5.41, 5.74) is 5.06. The molecule has 0 spiro atoms. The van der Waals surface area contributed by atoms with Crippen LogP contribution in [0.2, 0.25) is 0 Å². The van der Waals surface area contributed by atoms with Crippen molar-refractivity contribution >= 4 is 15.7 Å². The van der Waals surface area contributed by atoms with Crippen molar-refractivity contribution in [2.24, 2.45) is 0 Å². The number of nitrogens with two attached hydrogens (primary N) is 1. The van der Waals surface area contributed by atoms with Gasteiger partial charge in [-0.15, -0.1) is 6.42 Å². The quantitative estimate of drug-likeness (QED) is 0.661. The van der Waals surface area contributed by atoms with Crippen LogP contribution in [-0.2, 0) is 10.0 Å². The first kappa shape index (κ1) is 15.4. The summed E-state index contributed by atoms with van der Waals surface area (Å²) in [5, 5.41) is 0. The van der Waals surface area contributed by atoms with Gasteiger partial charge < -0.3 is 5.73 Å². The van der Waals surface area contributed by atoms with Gasteiger partial charge in [0.1, 0.15) is 11.6 Å². The molecule has 0 amide bonds.